The fourth-order valence-corrected chi connectivity index (χ4v) is 12.1. The number of hydrogen-bond donors (Lipinski definition) is 3. The van der Waals surface area contributed by atoms with Crippen LogP contribution in [0.2, 0.25) is 0 Å². The minimum Gasteiger partial charge on any atom is -0.462 e. The van der Waals surface area contributed by atoms with Crippen LogP contribution in [0.25, 0.3) is 0 Å². The number of esters is 4. The molecule has 0 saturated heterocycles. The van der Waals surface area contributed by atoms with E-state index in [1.807, 2.05) is 0 Å². The summed E-state index contributed by atoms with van der Waals surface area (Å²) in [6.07, 6.45) is 72.9. The molecule has 0 rings (SSSR count). The molecule has 0 saturated carbocycles. The third-order valence-corrected chi connectivity index (χ3v) is 18.3. The molecule has 5 atom stereocenters. The second-order valence-corrected chi connectivity index (χ2v) is 28.8. The molecule has 19 heteroatoms. The van der Waals surface area contributed by atoms with Gasteiger partial charge in [-0.3, -0.25) is 37.3 Å². The Bertz CT molecular complexity index is 2190. The van der Waals surface area contributed by atoms with Gasteiger partial charge in [0.25, 0.3) is 0 Å². The van der Waals surface area contributed by atoms with Crippen molar-refractivity contribution in [1.29, 1.82) is 0 Å². The Morgan fingerprint density at radius 1 is 0.296 bits per heavy atom. The van der Waals surface area contributed by atoms with Gasteiger partial charge in [0.2, 0.25) is 0 Å². The van der Waals surface area contributed by atoms with Crippen LogP contribution in [0.15, 0.2) is 85.1 Å². The first-order valence-electron chi connectivity index (χ1n) is 38.8. The van der Waals surface area contributed by atoms with Crippen LogP contribution < -0.4 is 0 Å². The lowest BCUT2D eigenvalue weighted by Gasteiger charge is -2.21. The maximum Gasteiger partial charge on any atom is 0.472 e. The number of aliphatic hydroxyl groups excluding tert-OH is 1. The number of rotatable bonds is 73. The van der Waals surface area contributed by atoms with Crippen LogP contribution in [0.4, 0.5) is 0 Å². The van der Waals surface area contributed by atoms with Gasteiger partial charge in [0, 0.05) is 25.7 Å². The molecule has 0 spiro atoms. The predicted octanol–water partition coefficient (Wildman–Crippen LogP) is 22.2. The molecule has 0 bridgehead atoms. The zero-order chi connectivity index (χ0) is 71.8. The Balaban J connectivity index is 5.26. The summed E-state index contributed by atoms with van der Waals surface area (Å²) in [6, 6.07) is 0. The Kier molecular flexibility index (Phi) is 68.9. The first kappa shape index (κ1) is 94.2. The molecule has 98 heavy (non-hydrogen) atoms. The van der Waals surface area contributed by atoms with Gasteiger partial charge in [-0.05, 0) is 96.3 Å². The van der Waals surface area contributed by atoms with Gasteiger partial charge < -0.3 is 33.8 Å². The summed E-state index contributed by atoms with van der Waals surface area (Å²) in [5, 5.41) is 10.6. The van der Waals surface area contributed by atoms with Crippen molar-refractivity contribution in [2.75, 3.05) is 39.6 Å². The van der Waals surface area contributed by atoms with E-state index in [0.29, 0.717) is 25.7 Å². The highest BCUT2D eigenvalue weighted by Crippen LogP contribution is 2.45. The van der Waals surface area contributed by atoms with Crippen molar-refractivity contribution in [3.05, 3.63) is 85.1 Å². The molecule has 0 aromatic carbocycles. The van der Waals surface area contributed by atoms with Crippen molar-refractivity contribution in [1.82, 2.24) is 0 Å². The van der Waals surface area contributed by atoms with Crippen LogP contribution in [0, 0.1) is 0 Å². The van der Waals surface area contributed by atoms with E-state index < -0.39 is 97.5 Å². The van der Waals surface area contributed by atoms with Gasteiger partial charge >= 0.3 is 39.5 Å². The predicted molar refractivity (Wildman–Crippen MR) is 399 cm³/mol. The van der Waals surface area contributed by atoms with Gasteiger partial charge in [-0.15, -0.1) is 0 Å². The number of allylic oxidation sites excluding steroid dienone is 14. The van der Waals surface area contributed by atoms with Crippen molar-refractivity contribution < 1.29 is 80.2 Å². The maximum atomic E-state index is 13.1. The molecule has 0 radical (unpaired) electrons. The van der Waals surface area contributed by atoms with E-state index in [0.717, 1.165) is 180 Å². The molecule has 17 nitrogen and oxygen atoms in total. The minimum absolute atomic E-state index is 0.0955. The topological polar surface area (TPSA) is 237 Å². The van der Waals surface area contributed by atoms with E-state index in [-0.39, 0.29) is 25.7 Å². The first-order valence-corrected chi connectivity index (χ1v) is 41.8. The van der Waals surface area contributed by atoms with E-state index in [1.54, 1.807) is 0 Å². The third-order valence-electron chi connectivity index (χ3n) is 16.4. The molecule has 0 aliphatic rings. The average molecular weight is 1420 g/mol. The molecular weight excluding hydrogens is 1280 g/mol. The van der Waals surface area contributed by atoms with Crippen LogP contribution in [0.3, 0.4) is 0 Å². The smallest absolute Gasteiger partial charge is 0.462 e. The highest BCUT2D eigenvalue weighted by molar-refractivity contribution is 7.47. The summed E-state index contributed by atoms with van der Waals surface area (Å²) in [5.74, 6) is -2.18. The van der Waals surface area contributed by atoms with E-state index in [9.17, 15) is 43.2 Å². The van der Waals surface area contributed by atoms with Gasteiger partial charge in [0.05, 0.1) is 26.4 Å². The van der Waals surface area contributed by atoms with Crippen molar-refractivity contribution in [3.63, 3.8) is 0 Å². The summed E-state index contributed by atoms with van der Waals surface area (Å²) >= 11 is 0. The molecule has 0 fully saturated rings. The van der Waals surface area contributed by atoms with Crippen molar-refractivity contribution in [3.8, 4) is 0 Å². The SMILES string of the molecule is CC/C=C\C/C=C\C/C=C\C/C=C\CCCCCCCCC(=O)OCC(COP(=O)(O)OCC(O)COP(=O)(O)OCC(COC(=O)CCCCCCCCC/C=C\C/C=C\C/C=C\CC)OC(=O)CCCCCCCCCCCCC)OC(=O)CCCCCCCCCCCCC. The second-order valence-electron chi connectivity index (χ2n) is 25.9. The normalized spacial score (nSPS) is 14.4. The summed E-state index contributed by atoms with van der Waals surface area (Å²) in [6.45, 7) is 4.65. The molecule has 0 aromatic rings. The van der Waals surface area contributed by atoms with Crippen LogP contribution in [0.5, 0.6) is 0 Å². The third kappa shape index (κ3) is 70.7. The molecule has 0 aliphatic carbocycles. The summed E-state index contributed by atoms with van der Waals surface area (Å²) in [4.78, 5) is 72.8. The molecule has 3 N–H and O–H groups in total. The second kappa shape index (κ2) is 71.6. The van der Waals surface area contributed by atoms with Crippen molar-refractivity contribution in [2.45, 2.75) is 354 Å². The first-order chi connectivity index (χ1) is 47.7. The highest BCUT2D eigenvalue weighted by Gasteiger charge is 2.30. The highest BCUT2D eigenvalue weighted by atomic mass is 31.2. The van der Waals surface area contributed by atoms with Crippen LogP contribution in [0.1, 0.15) is 336 Å². The van der Waals surface area contributed by atoms with Gasteiger partial charge in [-0.25, -0.2) is 9.13 Å². The molecule has 0 heterocycles. The lowest BCUT2D eigenvalue weighted by atomic mass is 10.1. The average Bonchev–Trinajstić information content (AvgIpc) is 1.03. The number of phosphoric ester groups is 2. The molecule has 5 unspecified atom stereocenters. The number of aliphatic hydroxyl groups is 1. The van der Waals surface area contributed by atoms with E-state index in [2.05, 4.69) is 113 Å². The van der Waals surface area contributed by atoms with Crippen LogP contribution in [-0.4, -0.2) is 96.7 Å². The number of carbonyl (C=O) groups is 4. The van der Waals surface area contributed by atoms with E-state index in [4.69, 9.17) is 37.0 Å². The molecule has 0 amide bonds. The number of ether oxygens (including phenoxy) is 4. The van der Waals surface area contributed by atoms with E-state index >= 15 is 0 Å². The van der Waals surface area contributed by atoms with Crippen LogP contribution >= 0.6 is 15.6 Å². The Labute approximate surface area is 595 Å². The largest absolute Gasteiger partial charge is 0.472 e. The number of carbonyl (C=O) groups excluding carboxylic acids is 4. The summed E-state index contributed by atoms with van der Waals surface area (Å²) in [5.41, 5.74) is 0. The van der Waals surface area contributed by atoms with Gasteiger partial charge in [0.1, 0.15) is 19.3 Å². The van der Waals surface area contributed by atoms with Gasteiger partial charge in [-0.1, -0.05) is 299 Å². The lowest BCUT2D eigenvalue weighted by molar-refractivity contribution is -0.161. The van der Waals surface area contributed by atoms with Gasteiger partial charge in [-0.2, -0.15) is 0 Å². The Hall–Kier alpha value is -3.76. The summed E-state index contributed by atoms with van der Waals surface area (Å²) in [7, 11) is -9.94. The number of phosphoric acid groups is 2. The summed E-state index contributed by atoms with van der Waals surface area (Å²) < 4.78 is 68.5. The number of hydrogen-bond acceptors (Lipinski definition) is 15. The zero-order valence-electron chi connectivity index (χ0n) is 62.0. The lowest BCUT2D eigenvalue weighted by Crippen LogP contribution is -2.30. The van der Waals surface area contributed by atoms with Gasteiger partial charge in [0.15, 0.2) is 12.2 Å². The quantitative estimate of drug-likeness (QED) is 0.0169. The molecule has 568 valence electrons. The fraction of sp³-hybridized carbons (Fsp3) is 0.772. The van der Waals surface area contributed by atoms with Crippen molar-refractivity contribution in [2.24, 2.45) is 0 Å². The van der Waals surface area contributed by atoms with Crippen molar-refractivity contribution >= 4 is 39.5 Å². The number of unbranched alkanes of at least 4 members (excludes halogenated alkanes) is 33. The molecule has 0 aliphatic heterocycles. The zero-order valence-corrected chi connectivity index (χ0v) is 63.7. The monoisotopic (exact) mass is 1420 g/mol. The molecule has 0 aromatic heterocycles. The minimum atomic E-state index is -4.97. The fourth-order valence-electron chi connectivity index (χ4n) is 10.5. The Morgan fingerprint density at radius 2 is 0.531 bits per heavy atom. The van der Waals surface area contributed by atoms with E-state index in [1.165, 1.54) is 77.0 Å². The Morgan fingerprint density at radius 3 is 0.816 bits per heavy atom. The molecular formula is C79H140O17P2. The maximum absolute atomic E-state index is 13.1. The standard InChI is InChI=1S/C79H140O17P2/c1-5-9-13-17-21-25-29-31-33-35-36-38-40-42-46-48-52-56-60-64-77(82)90-70-75(96-79(84)66-62-58-54-50-44-28-24-20-16-12-8-4)72-94-98(87,88)92-68-73(80)67-91-97(85,86)93-71-74(95-78(83)65-61-57-53-49-43-27-23-19-15-11-7-3)69-89-76(81)63-59-55-51-47-45-41-39-37-34-32-30-26-22-18-14-10-6-2/h9-10,13-14,21-22,25-26,31-34,36,38,73-75,80H,5-8,11-12,15-20,23-24,27-30,35,37,39-72H2,1-4H3,(H,85,86)(H,87,88)/b13-9-,14-10-,25-21-,26-22-,33-31-,34-32-,38-36-. The van der Waals surface area contributed by atoms with Crippen LogP contribution in [-0.2, 0) is 65.4 Å².